The number of hydrogen-bond donors (Lipinski definition) is 1. The van der Waals surface area contributed by atoms with Crippen LogP contribution in [0.1, 0.15) is 37.6 Å². The number of aromatic nitrogens is 1. The Morgan fingerprint density at radius 2 is 1.92 bits per heavy atom. The summed E-state index contributed by atoms with van der Waals surface area (Å²) in [6.07, 6.45) is 2.16. The van der Waals surface area contributed by atoms with Gasteiger partial charge in [0.1, 0.15) is 16.3 Å². The van der Waals surface area contributed by atoms with Gasteiger partial charge in [0.25, 0.3) is 0 Å². The van der Waals surface area contributed by atoms with Gasteiger partial charge in [0.05, 0.1) is 6.61 Å². The lowest BCUT2D eigenvalue weighted by Gasteiger charge is -2.33. The fraction of sp³-hybridized carbons (Fsp3) is 0.647. The molecule has 0 bridgehead atoms. The van der Waals surface area contributed by atoms with Crippen molar-refractivity contribution >= 4 is 21.8 Å². The van der Waals surface area contributed by atoms with Gasteiger partial charge in [-0.15, -0.1) is 0 Å². The first-order chi connectivity index (χ1) is 12.4. The van der Waals surface area contributed by atoms with Crippen LogP contribution in [-0.4, -0.2) is 74.5 Å². The highest BCUT2D eigenvalue weighted by Crippen LogP contribution is 2.22. The molecule has 0 amide bonds. The predicted molar refractivity (Wildman–Crippen MR) is 99.8 cm³/mol. The van der Waals surface area contributed by atoms with E-state index < -0.39 is 16.0 Å². The van der Waals surface area contributed by atoms with Gasteiger partial charge in [-0.3, -0.25) is 0 Å². The van der Waals surface area contributed by atoms with Crippen molar-refractivity contribution in [3.63, 3.8) is 0 Å². The molecule has 8 nitrogen and oxygen atoms in total. The smallest absolute Gasteiger partial charge is 0.341 e. The zero-order chi connectivity index (χ0) is 19.2. The van der Waals surface area contributed by atoms with Crippen molar-refractivity contribution in [1.82, 2.24) is 14.2 Å². The van der Waals surface area contributed by atoms with Crippen molar-refractivity contribution in [1.29, 1.82) is 0 Å². The second-order valence-electron chi connectivity index (χ2n) is 6.05. The molecule has 1 saturated heterocycles. The Kier molecular flexibility index (Phi) is 7.36. The number of nitrogens with one attached hydrogen (secondary N) is 1. The molecule has 0 atom stereocenters. The summed E-state index contributed by atoms with van der Waals surface area (Å²) in [4.78, 5) is 18.7. The van der Waals surface area contributed by atoms with Gasteiger partial charge in [-0.1, -0.05) is 13.8 Å². The van der Waals surface area contributed by atoms with E-state index in [1.807, 2.05) is 6.92 Å². The van der Waals surface area contributed by atoms with Gasteiger partial charge in [-0.05, 0) is 26.0 Å². The van der Waals surface area contributed by atoms with E-state index in [0.29, 0.717) is 38.5 Å². The number of nitrogens with zero attached hydrogens (tertiary/aromatic N) is 3. The van der Waals surface area contributed by atoms with Crippen LogP contribution in [0.3, 0.4) is 0 Å². The van der Waals surface area contributed by atoms with E-state index in [1.54, 1.807) is 6.92 Å². The standard InChI is InChI=1S/C17H28N4O4S/c1-4-7-18-16-15(17(22)25-6-3)12-14(13-19-16)26(23,24)21-10-8-20(5-2)9-11-21/h12-13H,4-11H2,1-3H3,(H,18,19). The molecule has 1 N–H and O–H groups in total. The summed E-state index contributed by atoms with van der Waals surface area (Å²) in [5.74, 6) is -0.230. The van der Waals surface area contributed by atoms with Gasteiger partial charge >= 0.3 is 5.97 Å². The largest absolute Gasteiger partial charge is 0.462 e. The Morgan fingerprint density at radius 1 is 1.23 bits per heavy atom. The van der Waals surface area contributed by atoms with Crippen LogP contribution in [0.5, 0.6) is 0 Å². The summed E-state index contributed by atoms with van der Waals surface area (Å²) in [6, 6.07) is 1.37. The summed E-state index contributed by atoms with van der Waals surface area (Å²) >= 11 is 0. The first kappa shape index (κ1) is 20.6. The van der Waals surface area contributed by atoms with Crippen molar-refractivity contribution in [3.8, 4) is 0 Å². The van der Waals surface area contributed by atoms with E-state index in [0.717, 1.165) is 13.0 Å². The van der Waals surface area contributed by atoms with Gasteiger partial charge in [0.2, 0.25) is 10.0 Å². The quantitative estimate of drug-likeness (QED) is 0.678. The lowest BCUT2D eigenvalue weighted by atomic mass is 10.2. The fourth-order valence-corrected chi connectivity index (χ4v) is 4.17. The normalized spacial score (nSPS) is 16.4. The summed E-state index contributed by atoms with van der Waals surface area (Å²) in [6.45, 7) is 9.76. The zero-order valence-corrected chi connectivity index (χ0v) is 16.5. The fourth-order valence-electron chi connectivity index (χ4n) is 2.77. The molecule has 0 aromatic carbocycles. The van der Waals surface area contributed by atoms with E-state index in [-0.39, 0.29) is 17.1 Å². The monoisotopic (exact) mass is 384 g/mol. The number of esters is 1. The minimum absolute atomic E-state index is 0.0209. The molecule has 0 spiro atoms. The Balaban J connectivity index is 2.30. The lowest BCUT2D eigenvalue weighted by molar-refractivity contribution is 0.0526. The summed E-state index contributed by atoms with van der Waals surface area (Å²) in [7, 11) is -3.69. The van der Waals surface area contributed by atoms with Gasteiger partial charge in [-0.2, -0.15) is 4.31 Å². The van der Waals surface area contributed by atoms with Gasteiger partial charge in [0, 0.05) is 38.9 Å². The Bertz CT molecular complexity index is 715. The number of hydrogen-bond acceptors (Lipinski definition) is 7. The van der Waals surface area contributed by atoms with Gasteiger partial charge in [-0.25, -0.2) is 18.2 Å². The molecule has 146 valence electrons. The minimum atomic E-state index is -3.69. The van der Waals surface area contributed by atoms with Crippen molar-refractivity contribution in [3.05, 3.63) is 17.8 Å². The average molecular weight is 385 g/mol. The van der Waals surface area contributed by atoms with E-state index in [1.165, 1.54) is 16.6 Å². The Labute approximate surface area is 155 Å². The number of carbonyl (C=O) groups is 1. The van der Waals surface area contributed by atoms with Crippen LogP contribution in [0.25, 0.3) is 0 Å². The van der Waals surface area contributed by atoms with Gasteiger partial charge in [0.15, 0.2) is 0 Å². The average Bonchev–Trinajstić information content (AvgIpc) is 2.66. The SMILES string of the molecule is CCCNc1ncc(S(=O)(=O)N2CCN(CC)CC2)cc1C(=O)OCC. The molecule has 1 aliphatic rings. The van der Waals surface area contributed by atoms with Crippen LogP contribution >= 0.6 is 0 Å². The third-order valence-electron chi connectivity index (χ3n) is 4.32. The molecular weight excluding hydrogens is 356 g/mol. The van der Waals surface area contributed by atoms with Crippen LogP contribution in [0, 0.1) is 0 Å². The van der Waals surface area contributed by atoms with Crippen molar-refractivity contribution in [2.45, 2.75) is 32.1 Å². The third kappa shape index (κ3) is 4.72. The van der Waals surface area contributed by atoms with E-state index >= 15 is 0 Å². The topological polar surface area (TPSA) is 91.8 Å². The Morgan fingerprint density at radius 3 is 2.50 bits per heavy atom. The van der Waals surface area contributed by atoms with E-state index in [2.05, 4.69) is 22.1 Å². The third-order valence-corrected chi connectivity index (χ3v) is 6.18. The highest BCUT2D eigenvalue weighted by molar-refractivity contribution is 7.89. The maximum atomic E-state index is 12.9. The minimum Gasteiger partial charge on any atom is -0.462 e. The first-order valence-electron chi connectivity index (χ1n) is 9.07. The van der Waals surface area contributed by atoms with Crippen molar-refractivity contribution in [2.75, 3.05) is 51.2 Å². The molecule has 26 heavy (non-hydrogen) atoms. The summed E-state index contributed by atoms with van der Waals surface area (Å²) in [5.41, 5.74) is 0.147. The molecule has 0 aliphatic carbocycles. The number of rotatable bonds is 8. The molecule has 0 unspecified atom stereocenters. The van der Waals surface area contributed by atoms with Gasteiger partial charge < -0.3 is 15.0 Å². The maximum Gasteiger partial charge on any atom is 0.341 e. The summed E-state index contributed by atoms with van der Waals surface area (Å²) in [5, 5.41) is 3.05. The predicted octanol–water partition coefficient (Wildman–Crippen LogP) is 1.41. The maximum absolute atomic E-state index is 12.9. The van der Waals surface area contributed by atoms with Crippen LogP contribution in [0.4, 0.5) is 5.82 Å². The van der Waals surface area contributed by atoms with Crippen LogP contribution in [0.2, 0.25) is 0 Å². The van der Waals surface area contributed by atoms with Crippen LogP contribution < -0.4 is 5.32 Å². The molecule has 1 fully saturated rings. The number of likely N-dealkylation sites (N-methyl/N-ethyl adjacent to an activating group) is 1. The molecule has 0 radical (unpaired) electrons. The molecule has 1 aliphatic heterocycles. The number of sulfonamides is 1. The number of ether oxygens (including phenoxy) is 1. The lowest BCUT2D eigenvalue weighted by Crippen LogP contribution is -2.48. The first-order valence-corrected chi connectivity index (χ1v) is 10.5. The number of anilines is 1. The second kappa shape index (κ2) is 9.29. The van der Waals surface area contributed by atoms with Crippen LogP contribution in [-0.2, 0) is 14.8 Å². The van der Waals surface area contributed by atoms with E-state index in [9.17, 15) is 13.2 Å². The molecule has 9 heteroatoms. The van der Waals surface area contributed by atoms with Crippen molar-refractivity contribution in [2.24, 2.45) is 0 Å². The number of pyridine rings is 1. The molecule has 1 aromatic heterocycles. The highest BCUT2D eigenvalue weighted by atomic mass is 32.2. The van der Waals surface area contributed by atoms with Crippen LogP contribution in [0.15, 0.2) is 17.2 Å². The van der Waals surface area contributed by atoms with E-state index in [4.69, 9.17) is 4.74 Å². The molecule has 2 heterocycles. The second-order valence-corrected chi connectivity index (χ2v) is 7.99. The molecule has 1 aromatic rings. The highest BCUT2D eigenvalue weighted by Gasteiger charge is 2.29. The number of carbonyl (C=O) groups excluding carboxylic acids is 1. The Hall–Kier alpha value is -1.71. The number of piperazine rings is 1. The van der Waals surface area contributed by atoms with Crippen molar-refractivity contribution < 1.29 is 17.9 Å². The molecule has 2 rings (SSSR count). The molecule has 0 saturated carbocycles. The zero-order valence-electron chi connectivity index (χ0n) is 15.7. The summed E-state index contributed by atoms with van der Waals surface area (Å²) < 4.78 is 32.4. The molecular formula is C17H28N4O4S.